The SMILES string of the molecule is CC(Oc1ccc2ccc(=O)oc2c1)C(=O)Nc1ccc(OCc2ccccc2)cc1. The van der Waals surface area contributed by atoms with Crippen LogP contribution in [0.25, 0.3) is 11.0 Å². The van der Waals surface area contributed by atoms with Crippen LogP contribution in [-0.4, -0.2) is 12.0 Å². The molecule has 1 heterocycles. The predicted octanol–water partition coefficient (Wildman–Crippen LogP) is 4.78. The van der Waals surface area contributed by atoms with E-state index in [2.05, 4.69) is 5.32 Å². The van der Waals surface area contributed by atoms with Gasteiger partial charge in [-0.05, 0) is 55.0 Å². The summed E-state index contributed by atoms with van der Waals surface area (Å²) in [6.45, 7) is 2.13. The first-order chi connectivity index (χ1) is 15.1. The summed E-state index contributed by atoms with van der Waals surface area (Å²) in [7, 11) is 0. The van der Waals surface area contributed by atoms with Crippen LogP contribution in [-0.2, 0) is 11.4 Å². The molecule has 0 aliphatic carbocycles. The molecule has 0 bridgehead atoms. The number of ether oxygens (including phenoxy) is 2. The number of hydrogen-bond donors (Lipinski definition) is 1. The molecule has 0 saturated carbocycles. The van der Waals surface area contributed by atoms with E-state index < -0.39 is 11.7 Å². The number of carbonyl (C=O) groups excluding carboxylic acids is 1. The van der Waals surface area contributed by atoms with E-state index in [1.165, 1.54) is 6.07 Å². The molecule has 6 nitrogen and oxygen atoms in total. The predicted molar refractivity (Wildman–Crippen MR) is 118 cm³/mol. The third kappa shape index (κ3) is 5.30. The lowest BCUT2D eigenvalue weighted by Gasteiger charge is -2.15. The van der Waals surface area contributed by atoms with E-state index in [9.17, 15) is 9.59 Å². The molecule has 1 N–H and O–H groups in total. The normalized spacial score (nSPS) is 11.6. The zero-order valence-corrected chi connectivity index (χ0v) is 16.9. The smallest absolute Gasteiger partial charge is 0.336 e. The van der Waals surface area contributed by atoms with Crippen LogP contribution in [0, 0.1) is 0 Å². The Morgan fingerprint density at radius 2 is 1.65 bits per heavy atom. The van der Waals surface area contributed by atoms with E-state index in [1.54, 1.807) is 55.5 Å². The van der Waals surface area contributed by atoms with Crippen LogP contribution in [0.4, 0.5) is 5.69 Å². The van der Waals surface area contributed by atoms with Crippen LogP contribution in [0.5, 0.6) is 11.5 Å². The summed E-state index contributed by atoms with van der Waals surface area (Å²) in [6, 6.07) is 25.2. The maximum absolute atomic E-state index is 12.5. The van der Waals surface area contributed by atoms with Gasteiger partial charge in [0.15, 0.2) is 6.10 Å². The van der Waals surface area contributed by atoms with Gasteiger partial charge in [0.2, 0.25) is 0 Å². The maximum Gasteiger partial charge on any atom is 0.336 e. The standard InChI is InChI=1S/C25H21NO5/c1-17(30-22-11-7-19-8-14-24(27)31-23(19)15-22)25(28)26-20-9-12-21(13-10-20)29-16-18-5-3-2-4-6-18/h2-15,17H,16H2,1H3,(H,26,28). The summed E-state index contributed by atoms with van der Waals surface area (Å²) < 4.78 is 16.6. The lowest BCUT2D eigenvalue weighted by atomic mass is 10.2. The highest BCUT2D eigenvalue weighted by Gasteiger charge is 2.15. The van der Waals surface area contributed by atoms with Gasteiger partial charge in [0.25, 0.3) is 5.91 Å². The molecule has 0 fully saturated rings. The van der Waals surface area contributed by atoms with E-state index in [0.717, 1.165) is 10.9 Å². The van der Waals surface area contributed by atoms with Crippen molar-refractivity contribution in [2.75, 3.05) is 5.32 Å². The Kier molecular flexibility index (Phi) is 5.98. The van der Waals surface area contributed by atoms with Crippen molar-refractivity contribution >= 4 is 22.6 Å². The zero-order chi connectivity index (χ0) is 21.6. The van der Waals surface area contributed by atoms with Crippen LogP contribution < -0.4 is 20.4 Å². The fourth-order valence-electron chi connectivity index (χ4n) is 2.99. The first kappa shape index (κ1) is 20.2. The lowest BCUT2D eigenvalue weighted by molar-refractivity contribution is -0.122. The molecular formula is C25H21NO5. The number of carbonyl (C=O) groups is 1. The lowest BCUT2D eigenvalue weighted by Crippen LogP contribution is -2.30. The van der Waals surface area contributed by atoms with Crippen LogP contribution in [0.2, 0.25) is 0 Å². The molecule has 156 valence electrons. The summed E-state index contributed by atoms with van der Waals surface area (Å²) in [4.78, 5) is 23.9. The van der Waals surface area contributed by atoms with Gasteiger partial charge in [-0.3, -0.25) is 4.79 Å². The van der Waals surface area contributed by atoms with Gasteiger partial charge in [0.1, 0.15) is 23.7 Å². The Labute approximate surface area is 179 Å². The Balaban J connectivity index is 1.33. The zero-order valence-electron chi connectivity index (χ0n) is 16.9. The topological polar surface area (TPSA) is 77.8 Å². The first-order valence-electron chi connectivity index (χ1n) is 9.85. The number of hydrogen-bond acceptors (Lipinski definition) is 5. The third-order valence-electron chi connectivity index (χ3n) is 4.65. The molecule has 4 aromatic rings. The molecular weight excluding hydrogens is 394 g/mol. The van der Waals surface area contributed by atoms with Crippen LogP contribution in [0.15, 0.2) is 94.1 Å². The Morgan fingerprint density at radius 1 is 0.935 bits per heavy atom. The van der Waals surface area contributed by atoms with Crippen LogP contribution >= 0.6 is 0 Å². The minimum absolute atomic E-state index is 0.299. The highest BCUT2D eigenvalue weighted by atomic mass is 16.5. The molecule has 0 aliphatic rings. The summed E-state index contributed by atoms with van der Waals surface area (Å²) >= 11 is 0. The monoisotopic (exact) mass is 415 g/mol. The average Bonchev–Trinajstić information content (AvgIpc) is 2.79. The largest absolute Gasteiger partial charge is 0.489 e. The van der Waals surface area contributed by atoms with Gasteiger partial charge in [0, 0.05) is 23.2 Å². The minimum atomic E-state index is -0.748. The number of amides is 1. The number of anilines is 1. The molecule has 1 aromatic heterocycles. The van der Waals surface area contributed by atoms with E-state index in [0.29, 0.717) is 29.4 Å². The van der Waals surface area contributed by atoms with Gasteiger partial charge in [-0.15, -0.1) is 0 Å². The fraction of sp³-hybridized carbons (Fsp3) is 0.120. The van der Waals surface area contributed by atoms with Crippen molar-refractivity contribution in [3.05, 3.63) is 101 Å². The molecule has 4 rings (SSSR count). The summed E-state index contributed by atoms with van der Waals surface area (Å²) in [6.07, 6.45) is -0.748. The van der Waals surface area contributed by atoms with Gasteiger partial charge in [0.05, 0.1) is 0 Å². The molecule has 0 aliphatic heterocycles. The number of fused-ring (bicyclic) bond motifs is 1. The highest BCUT2D eigenvalue weighted by molar-refractivity contribution is 5.94. The Morgan fingerprint density at radius 3 is 2.42 bits per heavy atom. The molecule has 0 spiro atoms. The van der Waals surface area contributed by atoms with Crippen molar-refractivity contribution in [2.24, 2.45) is 0 Å². The highest BCUT2D eigenvalue weighted by Crippen LogP contribution is 2.21. The van der Waals surface area contributed by atoms with E-state index in [1.807, 2.05) is 30.3 Å². The quantitative estimate of drug-likeness (QED) is 0.440. The van der Waals surface area contributed by atoms with Crippen molar-refractivity contribution < 1.29 is 18.7 Å². The summed E-state index contributed by atoms with van der Waals surface area (Å²) in [5, 5.41) is 3.59. The molecule has 0 radical (unpaired) electrons. The van der Waals surface area contributed by atoms with Gasteiger partial charge >= 0.3 is 5.63 Å². The number of rotatable bonds is 7. The summed E-state index contributed by atoms with van der Waals surface area (Å²) in [5.41, 5.74) is 1.69. The van der Waals surface area contributed by atoms with Crippen molar-refractivity contribution in [1.29, 1.82) is 0 Å². The van der Waals surface area contributed by atoms with E-state index in [-0.39, 0.29) is 5.91 Å². The number of nitrogens with one attached hydrogen (secondary N) is 1. The first-order valence-corrected chi connectivity index (χ1v) is 9.85. The van der Waals surface area contributed by atoms with Crippen molar-refractivity contribution in [1.82, 2.24) is 0 Å². The van der Waals surface area contributed by atoms with Crippen LogP contribution in [0.3, 0.4) is 0 Å². The second-order valence-corrected chi connectivity index (χ2v) is 7.00. The molecule has 1 amide bonds. The molecule has 6 heteroatoms. The summed E-state index contributed by atoms with van der Waals surface area (Å²) in [5.74, 6) is 0.852. The van der Waals surface area contributed by atoms with E-state index in [4.69, 9.17) is 13.9 Å². The molecule has 0 saturated heterocycles. The van der Waals surface area contributed by atoms with Crippen molar-refractivity contribution in [3.8, 4) is 11.5 Å². The molecule has 1 unspecified atom stereocenters. The second kappa shape index (κ2) is 9.17. The number of benzene rings is 3. The van der Waals surface area contributed by atoms with Crippen molar-refractivity contribution in [2.45, 2.75) is 19.6 Å². The van der Waals surface area contributed by atoms with Gasteiger partial charge in [-0.2, -0.15) is 0 Å². The van der Waals surface area contributed by atoms with Crippen LogP contribution in [0.1, 0.15) is 12.5 Å². The van der Waals surface area contributed by atoms with Gasteiger partial charge in [-0.1, -0.05) is 30.3 Å². The molecule has 1 atom stereocenters. The Bertz CT molecular complexity index is 1230. The Hall–Kier alpha value is -4.06. The van der Waals surface area contributed by atoms with E-state index >= 15 is 0 Å². The molecule has 3 aromatic carbocycles. The maximum atomic E-state index is 12.5. The fourth-order valence-corrected chi connectivity index (χ4v) is 2.99. The van der Waals surface area contributed by atoms with Gasteiger partial charge < -0.3 is 19.2 Å². The van der Waals surface area contributed by atoms with Crippen molar-refractivity contribution in [3.63, 3.8) is 0 Å². The minimum Gasteiger partial charge on any atom is -0.489 e. The third-order valence-corrected chi connectivity index (χ3v) is 4.65. The average molecular weight is 415 g/mol. The van der Waals surface area contributed by atoms with Gasteiger partial charge in [-0.25, -0.2) is 4.79 Å². The molecule has 31 heavy (non-hydrogen) atoms. The second-order valence-electron chi connectivity index (χ2n) is 7.00.